The molecule has 1 aromatic rings. The summed E-state index contributed by atoms with van der Waals surface area (Å²) < 4.78 is 5.45. The molecular formula is C21H31N5O2S. The number of benzene rings is 1. The van der Waals surface area contributed by atoms with Gasteiger partial charge in [0, 0.05) is 19.6 Å². The number of thioether (sulfide) groups is 1. The van der Waals surface area contributed by atoms with Crippen molar-refractivity contribution < 1.29 is 9.53 Å². The molecule has 1 amide bonds. The molecular weight excluding hydrogens is 386 g/mol. The van der Waals surface area contributed by atoms with Crippen molar-refractivity contribution in [1.29, 1.82) is 5.26 Å². The molecule has 0 spiro atoms. The van der Waals surface area contributed by atoms with E-state index in [0.717, 1.165) is 44.7 Å². The number of carbonyl (C=O) groups is 1. The molecule has 0 saturated carbocycles. The Morgan fingerprint density at radius 1 is 1.31 bits per heavy atom. The highest BCUT2D eigenvalue weighted by Gasteiger charge is 2.26. The highest BCUT2D eigenvalue weighted by atomic mass is 32.2. The summed E-state index contributed by atoms with van der Waals surface area (Å²) in [4.78, 5) is 18.3. The van der Waals surface area contributed by atoms with Crippen LogP contribution in [0.2, 0.25) is 0 Å². The molecule has 7 nitrogen and oxygen atoms in total. The lowest BCUT2D eigenvalue weighted by molar-refractivity contribution is 0.0184. The Morgan fingerprint density at radius 3 is 2.52 bits per heavy atom. The second-order valence-corrected chi connectivity index (χ2v) is 8.86. The van der Waals surface area contributed by atoms with Gasteiger partial charge >= 0.3 is 6.09 Å². The average molecular weight is 418 g/mol. The van der Waals surface area contributed by atoms with Crippen LogP contribution >= 0.6 is 11.8 Å². The third-order valence-corrected chi connectivity index (χ3v) is 5.13. The molecule has 1 aliphatic rings. The molecule has 0 aliphatic carbocycles. The monoisotopic (exact) mass is 417 g/mol. The van der Waals surface area contributed by atoms with Crippen LogP contribution in [0.4, 0.5) is 10.5 Å². The number of rotatable bonds is 5. The van der Waals surface area contributed by atoms with Crippen LogP contribution in [-0.4, -0.2) is 47.7 Å². The van der Waals surface area contributed by atoms with Crippen LogP contribution in [-0.2, 0) is 11.3 Å². The van der Waals surface area contributed by atoms with Crippen molar-refractivity contribution in [2.75, 3.05) is 25.9 Å². The van der Waals surface area contributed by atoms with E-state index in [0.29, 0.717) is 11.1 Å². The summed E-state index contributed by atoms with van der Waals surface area (Å²) in [6, 6.07) is 7.99. The van der Waals surface area contributed by atoms with Crippen molar-refractivity contribution in [3.63, 3.8) is 0 Å². The number of nitrogens with zero attached hydrogens (tertiary/aromatic N) is 3. The lowest BCUT2D eigenvalue weighted by Crippen LogP contribution is -2.43. The molecule has 0 unspecified atom stereocenters. The van der Waals surface area contributed by atoms with Gasteiger partial charge in [-0.3, -0.25) is 5.32 Å². The van der Waals surface area contributed by atoms with Crippen LogP contribution in [0.25, 0.3) is 0 Å². The maximum absolute atomic E-state index is 12.1. The lowest BCUT2D eigenvalue weighted by Gasteiger charge is -2.33. The smallest absolute Gasteiger partial charge is 0.410 e. The zero-order valence-corrected chi connectivity index (χ0v) is 18.5. The van der Waals surface area contributed by atoms with Crippen molar-refractivity contribution in [2.45, 2.75) is 45.8 Å². The number of piperidine rings is 1. The van der Waals surface area contributed by atoms with Gasteiger partial charge in [-0.2, -0.15) is 5.26 Å². The minimum absolute atomic E-state index is 0.207. The first-order chi connectivity index (χ1) is 13.8. The van der Waals surface area contributed by atoms with E-state index in [1.807, 2.05) is 62.4 Å². The fourth-order valence-electron chi connectivity index (χ4n) is 3.04. The van der Waals surface area contributed by atoms with Crippen LogP contribution in [0.1, 0.15) is 39.2 Å². The highest BCUT2D eigenvalue weighted by molar-refractivity contribution is 8.13. The minimum atomic E-state index is -0.445. The first kappa shape index (κ1) is 23.0. The molecule has 0 radical (unpaired) electrons. The maximum atomic E-state index is 12.1. The summed E-state index contributed by atoms with van der Waals surface area (Å²) in [5, 5.41) is 15.3. The summed E-state index contributed by atoms with van der Waals surface area (Å²) in [5.74, 6) is 0.568. The van der Waals surface area contributed by atoms with E-state index < -0.39 is 5.60 Å². The number of amides is 1. The predicted octanol–water partition coefficient (Wildman–Crippen LogP) is 3.84. The molecule has 1 heterocycles. The van der Waals surface area contributed by atoms with E-state index in [1.54, 1.807) is 0 Å². The van der Waals surface area contributed by atoms with Crippen LogP contribution in [0, 0.1) is 17.4 Å². The second kappa shape index (κ2) is 11.1. The Bertz CT molecular complexity index is 729. The number of hydrogen-bond donors (Lipinski definition) is 2. The van der Waals surface area contributed by atoms with Crippen LogP contribution < -0.4 is 10.6 Å². The molecule has 0 atom stereocenters. The van der Waals surface area contributed by atoms with Crippen LogP contribution in [0.5, 0.6) is 0 Å². The Hall–Kier alpha value is -2.24. The van der Waals surface area contributed by atoms with Crippen molar-refractivity contribution in [1.82, 2.24) is 15.5 Å². The minimum Gasteiger partial charge on any atom is -0.444 e. The third kappa shape index (κ3) is 8.34. The van der Waals surface area contributed by atoms with Gasteiger partial charge < -0.3 is 15.0 Å². The number of ether oxygens (including phenoxy) is 1. The topological polar surface area (TPSA) is 89.8 Å². The number of aliphatic imine (C=N–C) groups is 1. The maximum Gasteiger partial charge on any atom is 0.410 e. The fourth-order valence-corrected chi connectivity index (χ4v) is 3.39. The molecule has 1 aliphatic heterocycles. The zero-order chi connectivity index (χ0) is 21.3. The van der Waals surface area contributed by atoms with Gasteiger partial charge in [0.1, 0.15) is 5.60 Å². The fraction of sp³-hybridized carbons (Fsp3) is 0.571. The van der Waals surface area contributed by atoms with Gasteiger partial charge in [0.25, 0.3) is 0 Å². The average Bonchev–Trinajstić information content (AvgIpc) is 2.68. The normalized spacial score (nSPS) is 15.7. The lowest BCUT2D eigenvalue weighted by atomic mass is 9.97. The molecule has 1 aromatic carbocycles. The summed E-state index contributed by atoms with van der Waals surface area (Å²) in [7, 11) is 0. The first-order valence-corrected chi connectivity index (χ1v) is 11.1. The Balaban J connectivity index is 1.72. The summed E-state index contributed by atoms with van der Waals surface area (Å²) >= 11 is 1.40. The number of nitrogens with one attached hydrogen (secondary N) is 2. The standard InChI is InChI=1S/C21H31N5O2S/c1-21(2,3)28-20(27)26-11-9-17(10-12-26)14-23-13-16-5-7-18(8-6-16)25-19(29-4)24-15-22/h5-8,17,23H,9-14H2,1-4H3,(H,24,25). The van der Waals surface area contributed by atoms with Crippen LogP contribution in [0.15, 0.2) is 29.3 Å². The van der Waals surface area contributed by atoms with Gasteiger partial charge in [0.2, 0.25) is 0 Å². The molecule has 1 saturated heterocycles. The van der Waals surface area contributed by atoms with E-state index in [1.165, 1.54) is 17.3 Å². The van der Waals surface area contributed by atoms with Crippen molar-refractivity contribution in [3.05, 3.63) is 29.8 Å². The molecule has 29 heavy (non-hydrogen) atoms. The summed E-state index contributed by atoms with van der Waals surface area (Å²) in [6.07, 6.45) is 5.53. The number of nitriles is 1. The van der Waals surface area contributed by atoms with Gasteiger partial charge in [0.05, 0.1) is 5.69 Å². The van der Waals surface area contributed by atoms with Gasteiger partial charge in [-0.05, 0) is 70.0 Å². The largest absolute Gasteiger partial charge is 0.444 e. The molecule has 0 aromatic heterocycles. The van der Waals surface area contributed by atoms with Gasteiger partial charge in [-0.1, -0.05) is 23.9 Å². The third-order valence-electron chi connectivity index (χ3n) is 4.55. The van der Waals surface area contributed by atoms with E-state index in [9.17, 15) is 4.79 Å². The molecule has 2 rings (SSSR count). The van der Waals surface area contributed by atoms with E-state index in [2.05, 4.69) is 15.6 Å². The van der Waals surface area contributed by atoms with E-state index >= 15 is 0 Å². The van der Waals surface area contributed by atoms with Crippen molar-refractivity contribution >= 4 is 28.7 Å². The summed E-state index contributed by atoms with van der Waals surface area (Å²) in [5.41, 5.74) is 1.56. The molecule has 1 fully saturated rings. The van der Waals surface area contributed by atoms with Gasteiger partial charge in [-0.15, -0.1) is 0 Å². The quantitative estimate of drug-likeness (QED) is 0.327. The molecule has 0 bridgehead atoms. The van der Waals surface area contributed by atoms with E-state index in [-0.39, 0.29) is 6.09 Å². The van der Waals surface area contributed by atoms with Crippen molar-refractivity contribution in [2.24, 2.45) is 10.9 Å². The Labute approximate surface area is 177 Å². The first-order valence-electron chi connectivity index (χ1n) is 9.86. The molecule has 158 valence electrons. The Kier molecular flexibility index (Phi) is 8.80. The van der Waals surface area contributed by atoms with E-state index in [4.69, 9.17) is 10.00 Å². The SMILES string of the molecule is CSC(=Nc1ccc(CNCC2CCN(C(=O)OC(C)(C)C)CC2)cc1)NC#N. The Morgan fingerprint density at radius 2 is 1.97 bits per heavy atom. The zero-order valence-electron chi connectivity index (χ0n) is 17.7. The van der Waals surface area contributed by atoms with Crippen LogP contribution in [0.3, 0.4) is 0 Å². The number of likely N-dealkylation sites (tertiary alicyclic amines) is 1. The second-order valence-electron chi connectivity index (χ2n) is 8.07. The number of hydrogen-bond acceptors (Lipinski definition) is 6. The highest BCUT2D eigenvalue weighted by Crippen LogP contribution is 2.20. The van der Waals surface area contributed by atoms with Gasteiger partial charge in [-0.25, -0.2) is 9.79 Å². The predicted molar refractivity (Wildman–Crippen MR) is 118 cm³/mol. The van der Waals surface area contributed by atoms with Crippen molar-refractivity contribution in [3.8, 4) is 6.19 Å². The molecule has 8 heteroatoms. The molecule has 2 N–H and O–H groups in total. The number of carbonyl (C=O) groups excluding carboxylic acids is 1. The number of amidine groups is 1. The van der Waals surface area contributed by atoms with Gasteiger partial charge in [0.15, 0.2) is 11.4 Å². The summed E-state index contributed by atoms with van der Waals surface area (Å²) in [6.45, 7) is 8.92.